The molecule has 0 amide bonds. The lowest BCUT2D eigenvalue weighted by atomic mass is 10.2. The van der Waals surface area contributed by atoms with Gasteiger partial charge in [0, 0.05) is 24.4 Å². The highest BCUT2D eigenvalue weighted by atomic mass is 32.1. The highest BCUT2D eigenvalue weighted by Crippen LogP contribution is 2.08. The van der Waals surface area contributed by atoms with Crippen LogP contribution in [0.25, 0.3) is 0 Å². The van der Waals surface area contributed by atoms with Crippen LogP contribution in [-0.4, -0.2) is 24.2 Å². The van der Waals surface area contributed by atoms with Crippen LogP contribution in [0.15, 0.2) is 36.4 Å². The van der Waals surface area contributed by atoms with E-state index in [9.17, 15) is 4.39 Å². The molecule has 0 aromatic heterocycles. The maximum Gasteiger partial charge on any atom is 0.127 e. The van der Waals surface area contributed by atoms with E-state index in [2.05, 4.69) is 17.5 Å². The largest absolute Gasteiger partial charge is 0.298 e. The summed E-state index contributed by atoms with van der Waals surface area (Å²) < 4.78 is 13.3. The van der Waals surface area contributed by atoms with Crippen molar-refractivity contribution in [1.82, 2.24) is 4.90 Å². The molecule has 0 aliphatic rings. The van der Waals surface area contributed by atoms with Crippen LogP contribution in [-0.2, 0) is 6.54 Å². The molecule has 0 N–H and O–H groups in total. The molecular weight excluding hydrogens is 209 g/mol. The Kier molecular flexibility index (Phi) is 5.43. The van der Waals surface area contributed by atoms with Gasteiger partial charge < -0.3 is 0 Å². The van der Waals surface area contributed by atoms with Crippen molar-refractivity contribution in [3.8, 4) is 0 Å². The van der Waals surface area contributed by atoms with Crippen molar-refractivity contribution in [1.29, 1.82) is 0 Å². The minimum atomic E-state index is -0.137. The predicted molar refractivity (Wildman–Crippen MR) is 65.7 cm³/mol. The molecule has 1 rings (SSSR count). The molecule has 0 bridgehead atoms. The Morgan fingerprint density at radius 2 is 2.07 bits per heavy atom. The average molecular weight is 225 g/mol. The molecule has 1 aromatic carbocycles. The van der Waals surface area contributed by atoms with Gasteiger partial charge in [0.05, 0.1) is 0 Å². The fourth-order valence-electron chi connectivity index (χ4n) is 1.31. The Labute approximate surface area is 96.0 Å². The second-order valence-corrected chi connectivity index (χ2v) is 3.81. The number of benzene rings is 1. The smallest absolute Gasteiger partial charge is 0.127 e. The number of thiol groups is 1. The zero-order valence-electron chi connectivity index (χ0n) is 8.86. The lowest BCUT2D eigenvalue weighted by Gasteiger charge is -2.14. The van der Waals surface area contributed by atoms with Gasteiger partial charge in [0.15, 0.2) is 0 Å². The van der Waals surface area contributed by atoms with Crippen molar-refractivity contribution >= 4 is 12.6 Å². The van der Waals surface area contributed by atoms with Gasteiger partial charge in [-0.3, -0.25) is 4.90 Å². The standard InChI is InChI=1S/C12H16FNS/c1-14(8-4-5-9-15)10-11-6-2-3-7-12(11)13/h2-7,15H,8-10H2,1H3. The van der Waals surface area contributed by atoms with Crippen molar-refractivity contribution in [3.63, 3.8) is 0 Å². The van der Waals surface area contributed by atoms with E-state index in [0.29, 0.717) is 6.54 Å². The summed E-state index contributed by atoms with van der Waals surface area (Å²) in [6.45, 7) is 1.44. The monoisotopic (exact) mass is 225 g/mol. The third kappa shape index (κ3) is 4.49. The Morgan fingerprint density at radius 1 is 1.33 bits per heavy atom. The van der Waals surface area contributed by atoms with Gasteiger partial charge in [-0.05, 0) is 13.1 Å². The summed E-state index contributed by atoms with van der Waals surface area (Å²) >= 11 is 4.07. The van der Waals surface area contributed by atoms with E-state index >= 15 is 0 Å². The molecule has 3 heteroatoms. The van der Waals surface area contributed by atoms with Crippen molar-refractivity contribution < 1.29 is 4.39 Å². The number of hydrogen-bond donors (Lipinski definition) is 1. The van der Waals surface area contributed by atoms with Crippen molar-refractivity contribution in [3.05, 3.63) is 47.8 Å². The molecule has 1 nitrogen and oxygen atoms in total. The molecule has 0 radical (unpaired) electrons. The first kappa shape index (κ1) is 12.3. The van der Waals surface area contributed by atoms with Crippen LogP contribution in [0, 0.1) is 5.82 Å². The minimum Gasteiger partial charge on any atom is -0.298 e. The SMILES string of the molecule is CN(CC=CCS)Cc1ccccc1F. The molecule has 0 atom stereocenters. The normalized spacial score (nSPS) is 11.5. The first-order valence-electron chi connectivity index (χ1n) is 4.92. The number of likely N-dealkylation sites (N-methyl/N-ethyl adjacent to an activating group) is 1. The van der Waals surface area contributed by atoms with Crippen molar-refractivity contribution in [2.75, 3.05) is 19.3 Å². The average Bonchev–Trinajstić information content (AvgIpc) is 2.22. The molecule has 1 aromatic rings. The van der Waals surface area contributed by atoms with Crippen molar-refractivity contribution in [2.45, 2.75) is 6.54 Å². The van der Waals surface area contributed by atoms with Gasteiger partial charge in [-0.2, -0.15) is 12.6 Å². The molecule has 0 fully saturated rings. The second-order valence-electron chi connectivity index (χ2n) is 3.44. The predicted octanol–water partition coefficient (Wildman–Crippen LogP) is 2.74. The van der Waals surface area contributed by atoms with Gasteiger partial charge in [0.2, 0.25) is 0 Å². The molecule has 82 valence electrons. The van der Waals surface area contributed by atoms with E-state index in [1.54, 1.807) is 6.07 Å². The molecule has 15 heavy (non-hydrogen) atoms. The molecule has 0 saturated heterocycles. The zero-order valence-corrected chi connectivity index (χ0v) is 9.75. The summed E-state index contributed by atoms with van der Waals surface area (Å²) in [5, 5.41) is 0. The zero-order chi connectivity index (χ0) is 11.1. The van der Waals surface area contributed by atoms with E-state index < -0.39 is 0 Å². The third-order valence-electron chi connectivity index (χ3n) is 2.09. The molecule has 0 spiro atoms. The van der Waals surface area contributed by atoms with Gasteiger partial charge >= 0.3 is 0 Å². The minimum absolute atomic E-state index is 0.137. The van der Waals surface area contributed by atoms with E-state index in [1.807, 2.05) is 31.3 Å². The summed E-state index contributed by atoms with van der Waals surface area (Å²) in [5.74, 6) is 0.607. The number of nitrogens with zero attached hydrogens (tertiary/aromatic N) is 1. The first-order valence-corrected chi connectivity index (χ1v) is 5.55. The summed E-state index contributed by atoms with van der Waals surface area (Å²) in [6.07, 6.45) is 4.02. The van der Waals surface area contributed by atoms with Crippen LogP contribution in [0.4, 0.5) is 4.39 Å². The van der Waals surface area contributed by atoms with Crippen LogP contribution >= 0.6 is 12.6 Å². The molecule has 0 aliphatic carbocycles. The highest BCUT2D eigenvalue weighted by Gasteiger charge is 2.02. The molecule has 0 unspecified atom stereocenters. The van der Waals surface area contributed by atoms with Crippen LogP contribution in [0.5, 0.6) is 0 Å². The molecule has 0 saturated carbocycles. The van der Waals surface area contributed by atoms with Crippen LogP contribution < -0.4 is 0 Å². The molecular formula is C12H16FNS. The van der Waals surface area contributed by atoms with Gasteiger partial charge in [0.25, 0.3) is 0 Å². The number of rotatable bonds is 5. The van der Waals surface area contributed by atoms with Gasteiger partial charge in [-0.15, -0.1) is 0 Å². The van der Waals surface area contributed by atoms with E-state index in [-0.39, 0.29) is 5.82 Å². The van der Waals surface area contributed by atoms with Crippen LogP contribution in [0.3, 0.4) is 0 Å². The van der Waals surface area contributed by atoms with Crippen molar-refractivity contribution in [2.24, 2.45) is 0 Å². The fourth-order valence-corrected chi connectivity index (χ4v) is 1.46. The summed E-state index contributed by atoms with van der Waals surface area (Å²) in [4.78, 5) is 2.05. The topological polar surface area (TPSA) is 3.24 Å². The molecule has 0 aliphatic heterocycles. The van der Waals surface area contributed by atoms with E-state index in [1.165, 1.54) is 6.07 Å². The molecule has 0 heterocycles. The second kappa shape index (κ2) is 6.64. The van der Waals surface area contributed by atoms with Gasteiger partial charge in [0.1, 0.15) is 5.82 Å². The first-order chi connectivity index (χ1) is 7.24. The van der Waals surface area contributed by atoms with E-state index in [0.717, 1.165) is 17.9 Å². The summed E-state index contributed by atoms with van der Waals surface area (Å²) in [6, 6.07) is 6.87. The lowest BCUT2D eigenvalue weighted by molar-refractivity contribution is 0.356. The van der Waals surface area contributed by atoms with Crippen LogP contribution in [0.1, 0.15) is 5.56 Å². The Hall–Kier alpha value is -0.800. The van der Waals surface area contributed by atoms with E-state index in [4.69, 9.17) is 0 Å². The Bertz CT molecular complexity index is 325. The fraction of sp³-hybridized carbons (Fsp3) is 0.333. The number of halogens is 1. The van der Waals surface area contributed by atoms with Gasteiger partial charge in [-0.1, -0.05) is 30.4 Å². The summed E-state index contributed by atoms with van der Waals surface area (Å²) in [7, 11) is 1.97. The Balaban J connectivity index is 2.47. The highest BCUT2D eigenvalue weighted by molar-refractivity contribution is 7.80. The third-order valence-corrected chi connectivity index (χ3v) is 2.30. The number of hydrogen-bond acceptors (Lipinski definition) is 2. The maximum atomic E-state index is 13.3. The Morgan fingerprint density at radius 3 is 2.73 bits per heavy atom. The quantitative estimate of drug-likeness (QED) is 0.595. The maximum absolute atomic E-state index is 13.3. The van der Waals surface area contributed by atoms with Crippen LogP contribution in [0.2, 0.25) is 0 Å². The lowest BCUT2D eigenvalue weighted by Crippen LogP contribution is -2.18. The summed E-state index contributed by atoms with van der Waals surface area (Å²) in [5.41, 5.74) is 0.735. The van der Waals surface area contributed by atoms with Gasteiger partial charge in [-0.25, -0.2) is 4.39 Å².